The molecule has 0 radical (unpaired) electrons. The van der Waals surface area contributed by atoms with E-state index >= 15 is 0 Å². The van der Waals surface area contributed by atoms with E-state index in [1.807, 2.05) is 6.20 Å². The fourth-order valence-electron chi connectivity index (χ4n) is 3.18. The molecule has 4 heteroatoms. The number of aromatic nitrogens is 1. The van der Waals surface area contributed by atoms with Crippen molar-refractivity contribution >= 4 is 17.3 Å². The van der Waals surface area contributed by atoms with Crippen LogP contribution in [0.4, 0.5) is 5.69 Å². The molecule has 0 bridgehead atoms. The van der Waals surface area contributed by atoms with E-state index in [1.54, 1.807) is 0 Å². The van der Waals surface area contributed by atoms with Crippen molar-refractivity contribution in [2.24, 2.45) is 0 Å². The number of benzene rings is 1. The molecule has 0 saturated heterocycles. The maximum Gasteiger partial charge on any atom is 0.225 e. The van der Waals surface area contributed by atoms with Gasteiger partial charge in [-0.2, -0.15) is 0 Å². The smallest absolute Gasteiger partial charge is 0.225 e. The van der Waals surface area contributed by atoms with Gasteiger partial charge in [0.05, 0.1) is 11.4 Å². The van der Waals surface area contributed by atoms with E-state index in [0.717, 1.165) is 46.5 Å². The van der Waals surface area contributed by atoms with Crippen LogP contribution in [0.5, 0.6) is 11.6 Å². The average molecular weight is 361 g/mol. The third-order valence-electron chi connectivity index (χ3n) is 4.60. The number of rotatable bonds is 7. The number of hydrogen-bond acceptors (Lipinski definition) is 3. The molecule has 136 valence electrons. The summed E-state index contributed by atoms with van der Waals surface area (Å²) in [4.78, 5) is 4.52. The van der Waals surface area contributed by atoms with Crippen LogP contribution in [-0.4, -0.2) is 11.0 Å². The van der Waals surface area contributed by atoms with Crippen LogP contribution in [0.25, 0.3) is 0 Å². The van der Waals surface area contributed by atoms with Gasteiger partial charge in [0, 0.05) is 17.9 Å². The summed E-state index contributed by atoms with van der Waals surface area (Å²) in [6.07, 6.45) is 3.98. The Morgan fingerprint density at radius 3 is 2.16 bits per heavy atom. The van der Waals surface area contributed by atoms with Gasteiger partial charge in [-0.3, -0.25) is 0 Å². The van der Waals surface area contributed by atoms with Crippen molar-refractivity contribution in [2.45, 2.75) is 66.3 Å². The van der Waals surface area contributed by atoms with Crippen LogP contribution >= 0.6 is 11.6 Å². The summed E-state index contributed by atoms with van der Waals surface area (Å²) in [6, 6.07) is 4.67. The molecule has 0 amide bonds. The zero-order chi connectivity index (χ0) is 18.6. The van der Waals surface area contributed by atoms with E-state index in [-0.39, 0.29) is 0 Å². The first-order valence-corrected chi connectivity index (χ1v) is 9.51. The molecule has 0 saturated carbocycles. The first-order valence-electron chi connectivity index (χ1n) is 8.97. The number of hydrogen-bond donors (Lipinski definition) is 1. The van der Waals surface area contributed by atoms with Crippen molar-refractivity contribution in [3.05, 3.63) is 46.1 Å². The summed E-state index contributed by atoms with van der Waals surface area (Å²) in [7, 11) is 0. The zero-order valence-corrected chi connectivity index (χ0v) is 16.9. The number of pyridine rings is 1. The van der Waals surface area contributed by atoms with Gasteiger partial charge in [0.25, 0.3) is 0 Å². The minimum atomic E-state index is 0.358. The Labute approximate surface area is 156 Å². The molecule has 0 atom stereocenters. The van der Waals surface area contributed by atoms with Crippen molar-refractivity contribution in [1.82, 2.24) is 4.98 Å². The fraction of sp³-hybridized carbons (Fsp3) is 0.476. The molecule has 0 fully saturated rings. The predicted octanol–water partition coefficient (Wildman–Crippen LogP) is 6.45. The van der Waals surface area contributed by atoms with Crippen LogP contribution in [0, 0.1) is 27.7 Å². The number of alkyl halides is 1. The van der Waals surface area contributed by atoms with Crippen molar-refractivity contribution in [2.75, 3.05) is 5.32 Å². The lowest BCUT2D eigenvalue weighted by Crippen LogP contribution is -2.19. The first kappa shape index (κ1) is 19.6. The van der Waals surface area contributed by atoms with E-state index in [1.165, 1.54) is 5.56 Å². The molecule has 0 aliphatic heterocycles. The summed E-state index contributed by atoms with van der Waals surface area (Å²) in [5.41, 5.74) is 6.51. The predicted molar refractivity (Wildman–Crippen MR) is 107 cm³/mol. The number of anilines is 1. The van der Waals surface area contributed by atoms with Crippen LogP contribution in [0.1, 0.15) is 54.5 Å². The highest BCUT2D eigenvalue weighted by molar-refractivity contribution is 6.17. The number of nitrogens with zero attached hydrogens (tertiary/aromatic N) is 1. The lowest BCUT2D eigenvalue weighted by molar-refractivity contribution is 0.451. The molecule has 1 aromatic carbocycles. The number of halogens is 1. The summed E-state index contributed by atoms with van der Waals surface area (Å²) in [5.74, 6) is 1.81. The maximum atomic E-state index is 6.29. The van der Waals surface area contributed by atoms with Gasteiger partial charge in [0.15, 0.2) is 0 Å². The van der Waals surface area contributed by atoms with Crippen LogP contribution in [-0.2, 0) is 5.88 Å². The Hall–Kier alpha value is -1.74. The quantitative estimate of drug-likeness (QED) is 0.576. The van der Waals surface area contributed by atoms with Gasteiger partial charge >= 0.3 is 0 Å². The molecule has 1 N–H and O–H groups in total. The summed E-state index contributed by atoms with van der Waals surface area (Å²) in [6.45, 7) is 12.7. The molecule has 1 heterocycles. The Kier molecular flexibility index (Phi) is 6.71. The molecule has 3 nitrogen and oxygen atoms in total. The highest BCUT2D eigenvalue weighted by atomic mass is 35.5. The molecule has 0 aliphatic carbocycles. The molecule has 0 unspecified atom stereocenters. The van der Waals surface area contributed by atoms with Gasteiger partial charge in [-0.15, -0.1) is 11.6 Å². The highest BCUT2D eigenvalue weighted by Gasteiger charge is 2.17. The molecule has 0 aliphatic rings. The van der Waals surface area contributed by atoms with Gasteiger partial charge < -0.3 is 10.1 Å². The van der Waals surface area contributed by atoms with Crippen molar-refractivity contribution < 1.29 is 4.74 Å². The van der Waals surface area contributed by atoms with Crippen molar-refractivity contribution in [3.63, 3.8) is 0 Å². The van der Waals surface area contributed by atoms with Gasteiger partial charge in [-0.25, -0.2) is 4.98 Å². The van der Waals surface area contributed by atoms with E-state index in [2.05, 4.69) is 64.0 Å². The molecule has 2 rings (SSSR count). The van der Waals surface area contributed by atoms with Crippen LogP contribution in [0.15, 0.2) is 18.3 Å². The molecule has 0 spiro atoms. The number of aryl methyl sites for hydroxylation is 4. The normalized spacial score (nSPS) is 11.0. The van der Waals surface area contributed by atoms with Gasteiger partial charge in [-0.05, 0) is 57.2 Å². The lowest BCUT2D eigenvalue weighted by atomic mass is 10.1. The second kappa shape index (κ2) is 8.57. The van der Waals surface area contributed by atoms with Crippen molar-refractivity contribution in [3.8, 4) is 11.6 Å². The summed E-state index contributed by atoms with van der Waals surface area (Å²) >= 11 is 6.29. The molecule has 1 aromatic heterocycles. The minimum Gasteiger partial charge on any atom is -0.438 e. The second-order valence-electron chi connectivity index (χ2n) is 6.72. The topological polar surface area (TPSA) is 34.2 Å². The third-order valence-corrected chi connectivity index (χ3v) is 4.87. The summed E-state index contributed by atoms with van der Waals surface area (Å²) in [5, 5.41) is 3.63. The summed E-state index contributed by atoms with van der Waals surface area (Å²) < 4.78 is 6.23. The standard InChI is InChI=1S/C21H29ClN2O/c1-7-17(8-2)24-19-16(6)12-23-21(18(19)11-22)25-20-14(4)9-13(3)10-15(20)5/h9-10,12,17H,7-8,11H2,1-6H3,(H,23,24). The third kappa shape index (κ3) is 4.46. The van der Waals surface area contributed by atoms with E-state index < -0.39 is 0 Å². The fourth-order valence-corrected chi connectivity index (χ4v) is 3.43. The molecule has 2 aromatic rings. The zero-order valence-electron chi connectivity index (χ0n) is 16.2. The molecular formula is C21H29ClN2O. The van der Waals surface area contributed by atoms with E-state index in [0.29, 0.717) is 17.8 Å². The van der Waals surface area contributed by atoms with Crippen LogP contribution < -0.4 is 10.1 Å². The van der Waals surface area contributed by atoms with Crippen LogP contribution in [0.2, 0.25) is 0 Å². The maximum absolute atomic E-state index is 6.29. The Balaban J connectivity index is 2.45. The van der Waals surface area contributed by atoms with Gasteiger partial charge in [-0.1, -0.05) is 31.5 Å². The lowest BCUT2D eigenvalue weighted by Gasteiger charge is -2.22. The minimum absolute atomic E-state index is 0.358. The Morgan fingerprint density at radius 2 is 1.64 bits per heavy atom. The monoisotopic (exact) mass is 360 g/mol. The number of ether oxygens (including phenoxy) is 1. The van der Waals surface area contributed by atoms with Gasteiger partial charge in [0.2, 0.25) is 5.88 Å². The SMILES string of the molecule is CCC(CC)Nc1c(C)cnc(Oc2c(C)cc(C)cc2C)c1CCl. The largest absolute Gasteiger partial charge is 0.438 e. The average Bonchev–Trinajstić information content (AvgIpc) is 2.57. The number of nitrogens with one attached hydrogen (secondary N) is 1. The van der Waals surface area contributed by atoms with E-state index in [4.69, 9.17) is 16.3 Å². The Morgan fingerprint density at radius 1 is 1.04 bits per heavy atom. The van der Waals surface area contributed by atoms with E-state index in [9.17, 15) is 0 Å². The molecular weight excluding hydrogens is 332 g/mol. The first-order chi connectivity index (χ1) is 11.9. The second-order valence-corrected chi connectivity index (χ2v) is 6.99. The molecule has 25 heavy (non-hydrogen) atoms. The Bertz CT molecular complexity index is 716. The van der Waals surface area contributed by atoms with Crippen molar-refractivity contribution in [1.29, 1.82) is 0 Å². The highest BCUT2D eigenvalue weighted by Crippen LogP contribution is 2.35. The van der Waals surface area contributed by atoms with Gasteiger partial charge in [0.1, 0.15) is 5.75 Å². The van der Waals surface area contributed by atoms with Crippen LogP contribution in [0.3, 0.4) is 0 Å².